The third kappa shape index (κ3) is 4.73. The standard InChI is InChI=1S/C24H30F2N6.ClH/c1-15-21(10-11-31(4)24(15,2)3)32(5)22-9-8-20(29-30-22)18-7-6-16(12-19(18)23(25)26)17-13-27-28-14-17;/h6-9,12-15,21,23H,10-11H2,1-5H3,(H,27,28);1H. The van der Waals surface area contributed by atoms with Gasteiger partial charge in [0, 0.05) is 48.1 Å². The van der Waals surface area contributed by atoms with E-state index < -0.39 is 6.43 Å². The van der Waals surface area contributed by atoms with Crippen molar-refractivity contribution in [3.05, 3.63) is 48.3 Å². The molecule has 33 heavy (non-hydrogen) atoms. The predicted octanol–water partition coefficient (Wildman–Crippen LogP) is 5.45. The van der Waals surface area contributed by atoms with Gasteiger partial charge in [0.1, 0.15) is 0 Å². The normalized spacial score (nSPS) is 20.5. The summed E-state index contributed by atoms with van der Waals surface area (Å²) in [7, 11) is 4.20. The van der Waals surface area contributed by atoms with Gasteiger partial charge in [-0.15, -0.1) is 22.6 Å². The van der Waals surface area contributed by atoms with E-state index in [1.54, 1.807) is 30.6 Å². The molecule has 0 amide bonds. The Labute approximate surface area is 199 Å². The number of benzene rings is 1. The Balaban J connectivity index is 0.00000306. The van der Waals surface area contributed by atoms with Gasteiger partial charge in [0.2, 0.25) is 0 Å². The van der Waals surface area contributed by atoms with E-state index in [1.165, 1.54) is 6.07 Å². The first-order valence-electron chi connectivity index (χ1n) is 10.9. The summed E-state index contributed by atoms with van der Waals surface area (Å²) in [5, 5.41) is 15.3. The number of likely N-dealkylation sites (tertiary alicyclic amines) is 1. The third-order valence-corrected chi connectivity index (χ3v) is 7.34. The number of alkyl halides is 2. The van der Waals surface area contributed by atoms with E-state index in [0.717, 1.165) is 24.3 Å². The Kier molecular flexibility index (Phi) is 7.39. The number of rotatable bonds is 5. The first-order chi connectivity index (χ1) is 15.2. The summed E-state index contributed by atoms with van der Waals surface area (Å²) in [6.07, 6.45) is 1.70. The van der Waals surface area contributed by atoms with Gasteiger partial charge in [0.15, 0.2) is 5.82 Å². The summed E-state index contributed by atoms with van der Waals surface area (Å²) >= 11 is 0. The van der Waals surface area contributed by atoms with Gasteiger partial charge in [-0.25, -0.2) is 8.78 Å². The lowest BCUT2D eigenvalue weighted by atomic mass is 9.77. The van der Waals surface area contributed by atoms with Crippen molar-refractivity contribution >= 4 is 18.2 Å². The van der Waals surface area contributed by atoms with Crippen LogP contribution in [0.2, 0.25) is 0 Å². The quantitative estimate of drug-likeness (QED) is 0.530. The summed E-state index contributed by atoms with van der Waals surface area (Å²) in [6, 6.07) is 8.96. The molecule has 9 heteroatoms. The maximum absolute atomic E-state index is 13.8. The molecule has 0 bridgehead atoms. The van der Waals surface area contributed by atoms with E-state index in [4.69, 9.17) is 0 Å². The Morgan fingerprint density at radius 1 is 1.15 bits per heavy atom. The number of anilines is 1. The van der Waals surface area contributed by atoms with Crippen molar-refractivity contribution in [1.29, 1.82) is 0 Å². The second kappa shape index (κ2) is 9.73. The van der Waals surface area contributed by atoms with Crippen molar-refractivity contribution in [1.82, 2.24) is 25.3 Å². The van der Waals surface area contributed by atoms with E-state index in [-0.39, 0.29) is 23.5 Å². The molecule has 0 saturated carbocycles. The first-order valence-corrected chi connectivity index (χ1v) is 10.9. The summed E-state index contributed by atoms with van der Waals surface area (Å²) in [6.45, 7) is 7.82. The molecular weight excluding hydrogens is 446 g/mol. The van der Waals surface area contributed by atoms with Gasteiger partial charge < -0.3 is 9.80 Å². The zero-order valence-corrected chi connectivity index (χ0v) is 20.4. The van der Waals surface area contributed by atoms with Gasteiger partial charge in [0.05, 0.1) is 11.9 Å². The summed E-state index contributed by atoms with van der Waals surface area (Å²) in [4.78, 5) is 4.57. The lowest BCUT2D eigenvalue weighted by molar-refractivity contribution is 0.0391. The number of nitrogens with one attached hydrogen (secondary N) is 1. The zero-order chi connectivity index (χ0) is 23.0. The topological polar surface area (TPSA) is 60.9 Å². The Bertz CT molecular complexity index is 1060. The highest BCUT2D eigenvalue weighted by molar-refractivity contribution is 5.85. The van der Waals surface area contributed by atoms with E-state index >= 15 is 0 Å². The summed E-state index contributed by atoms with van der Waals surface area (Å²) in [5.41, 5.74) is 2.28. The van der Waals surface area contributed by atoms with Crippen LogP contribution in [0.25, 0.3) is 22.4 Å². The zero-order valence-electron chi connectivity index (χ0n) is 19.6. The molecule has 1 aromatic carbocycles. The van der Waals surface area contributed by atoms with E-state index in [2.05, 4.69) is 58.0 Å². The molecule has 4 rings (SSSR count). The maximum Gasteiger partial charge on any atom is 0.264 e. The lowest BCUT2D eigenvalue weighted by Gasteiger charge is -2.51. The van der Waals surface area contributed by atoms with Crippen LogP contribution in [-0.4, -0.2) is 57.5 Å². The fourth-order valence-corrected chi connectivity index (χ4v) is 4.60. The summed E-state index contributed by atoms with van der Waals surface area (Å²) < 4.78 is 27.7. The van der Waals surface area contributed by atoms with Gasteiger partial charge in [-0.05, 0) is 57.0 Å². The molecule has 6 nitrogen and oxygen atoms in total. The molecule has 0 radical (unpaired) electrons. The number of aromatic nitrogens is 4. The Morgan fingerprint density at radius 2 is 1.91 bits per heavy atom. The van der Waals surface area contributed by atoms with Crippen LogP contribution in [0.1, 0.15) is 39.2 Å². The molecule has 0 spiro atoms. The number of halogens is 3. The predicted molar refractivity (Wildman–Crippen MR) is 130 cm³/mol. The Hall–Kier alpha value is -2.58. The average Bonchev–Trinajstić information content (AvgIpc) is 3.32. The van der Waals surface area contributed by atoms with E-state index in [1.807, 2.05) is 13.1 Å². The van der Waals surface area contributed by atoms with Gasteiger partial charge >= 0.3 is 0 Å². The highest BCUT2D eigenvalue weighted by Crippen LogP contribution is 2.37. The molecule has 3 aromatic rings. The van der Waals surface area contributed by atoms with Crippen molar-refractivity contribution in [3.8, 4) is 22.4 Å². The van der Waals surface area contributed by atoms with E-state index in [9.17, 15) is 8.78 Å². The van der Waals surface area contributed by atoms with E-state index in [0.29, 0.717) is 28.8 Å². The molecule has 2 atom stereocenters. The van der Waals surface area contributed by atoms with Crippen molar-refractivity contribution in [2.75, 3.05) is 25.5 Å². The minimum absolute atomic E-state index is 0. The Morgan fingerprint density at radius 3 is 2.52 bits per heavy atom. The number of nitrogens with zero attached hydrogens (tertiary/aromatic N) is 5. The molecule has 1 saturated heterocycles. The number of hydrogen-bond acceptors (Lipinski definition) is 5. The maximum atomic E-state index is 13.8. The molecule has 1 aliphatic rings. The van der Waals surface area contributed by atoms with Crippen LogP contribution in [-0.2, 0) is 0 Å². The molecule has 1 N–H and O–H groups in total. The molecule has 178 valence electrons. The molecule has 3 heterocycles. The van der Waals surface area contributed by atoms with Crippen LogP contribution >= 0.6 is 12.4 Å². The molecule has 1 aliphatic heterocycles. The van der Waals surface area contributed by atoms with Gasteiger partial charge in [-0.2, -0.15) is 5.10 Å². The number of hydrogen-bond donors (Lipinski definition) is 1. The average molecular weight is 477 g/mol. The highest BCUT2D eigenvalue weighted by atomic mass is 35.5. The summed E-state index contributed by atoms with van der Waals surface area (Å²) in [5.74, 6) is 1.17. The number of aromatic amines is 1. The third-order valence-electron chi connectivity index (χ3n) is 7.34. The SMILES string of the molecule is CC1C(N(C)c2ccc(-c3ccc(-c4cn[nH]c4)cc3C(F)F)nn2)CCN(C)C1(C)C.Cl. The van der Waals surface area contributed by atoms with Crippen LogP contribution in [0.5, 0.6) is 0 Å². The molecule has 2 unspecified atom stereocenters. The van der Waals surface area contributed by atoms with Crippen LogP contribution in [0.3, 0.4) is 0 Å². The lowest BCUT2D eigenvalue weighted by Crippen LogP contribution is -2.59. The molecular formula is C24H31ClF2N6. The van der Waals surface area contributed by atoms with Crippen LogP contribution in [0, 0.1) is 5.92 Å². The fraction of sp³-hybridized carbons (Fsp3) is 0.458. The van der Waals surface area contributed by atoms with Crippen LogP contribution in [0.15, 0.2) is 42.7 Å². The van der Waals surface area contributed by atoms with Crippen molar-refractivity contribution in [2.24, 2.45) is 5.92 Å². The van der Waals surface area contributed by atoms with Crippen LogP contribution < -0.4 is 4.90 Å². The van der Waals surface area contributed by atoms with Crippen molar-refractivity contribution in [3.63, 3.8) is 0 Å². The van der Waals surface area contributed by atoms with Gasteiger partial charge in [-0.1, -0.05) is 19.1 Å². The monoisotopic (exact) mass is 476 g/mol. The molecule has 1 fully saturated rings. The number of piperidine rings is 1. The minimum Gasteiger partial charge on any atom is -0.355 e. The second-order valence-electron chi connectivity index (χ2n) is 9.20. The first kappa shape index (κ1) is 25.1. The smallest absolute Gasteiger partial charge is 0.264 e. The van der Waals surface area contributed by atoms with Crippen molar-refractivity contribution < 1.29 is 8.78 Å². The highest BCUT2D eigenvalue weighted by Gasteiger charge is 2.41. The molecule has 2 aromatic heterocycles. The largest absolute Gasteiger partial charge is 0.355 e. The minimum atomic E-state index is -2.62. The second-order valence-corrected chi connectivity index (χ2v) is 9.20. The van der Waals surface area contributed by atoms with Crippen LogP contribution in [0.4, 0.5) is 14.6 Å². The molecule has 0 aliphatic carbocycles. The number of H-pyrrole nitrogens is 1. The van der Waals surface area contributed by atoms with Gasteiger partial charge in [0.25, 0.3) is 6.43 Å². The fourth-order valence-electron chi connectivity index (χ4n) is 4.60. The van der Waals surface area contributed by atoms with Gasteiger partial charge in [-0.3, -0.25) is 5.10 Å². The van der Waals surface area contributed by atoms with Crippen molar-refractivity contribution in [2.45, 2.75) is 45.2 Å².